The lowest BCUT2D eigenvalue weighted by Gasteiger charge is -2.03. The van der Waals surface area contributed by atoms with Gasteiger partial charge >= 0.3 is 0 Å². The first-order valence-electron chi connectivity index (χ1n) is 6.09. The maximum atomic E-state index is 11.8. The third-order valence-corrected chi connectivity index (χ3v) is 3.27. The van der Waals surface area contributed by atoms with Crippen molar-refractivity contribution in [3.63, 3.8) is 0 Å². The number of aromatic nitrogens is 1. The second-order valence-corrected chi connectivity index (χ2v) is 4.60. The van der Waals surface area contributed by atoms with Crippen LogP contribution < -0.4 is 0 Å². The van der Waals surface area contributed by atoms with Gasteiger partial charge in [-0.15, -0.1) is 0 Å². The molecule has 16 heavy (non-hydrogen) atoms. The first kappa shape index (κ1) is 11.2. The minimum absolute atomic E-state index is 0.313. The van der Waals surface area contributed by atoms with Crippen molar-refractivity contribution in [2.75, 3.05) is 0 Å². The van der Waals surface area contributed by atoms with E-state index in [9.17, 15) is 4.79 Å². The highest BCUT2D eigenvalue weighted by atomic mass is 16.1. The number of allylic oxidation sites excluding steroid dienone is 1. The summed E-state index contributed by atoms with van der Waals surface area (Å²) in [4.78, 5) is 11.8. The molecule has 1 aliphatic rings. The fraction of sp³-hybridized carbons (Fsp3) is 0.500. The number of nitrogens with zero attached hydrogens (tertiary/aromatic N) is 1. The molecule has 2 nitrogen and oxygen atoms in total. The van der Waals surface area contributed by atoms with Crippen LogP contribution >= 0.6 is 0 Å². The van der Waals surface area contributed by atoms with Crippen LogP contribution in [0.3, 0.4) is 0 Å². The third-order valence-electron chi connectivity index (χ3n) is 3.27. The normalized spacial score (nSPS) is 15.7. The van der Waals surface area contributed by atoms with E-state index in [0.29, 0.717) is 12.2 Å². The Labute approximate surface area is 97.0 Å². The molecule has 2 rings (SSSR count). The van der Waals surface area contributed by atoms with E-state index in [0.717, 1.165) is 37.8 Å². The summed E-state index contributed by atoms with van der Waals surface area (Å²) in [5, 5.41) is 0. The predicted octanol–water partition coefficient (Wildman–Crippen LogP) is 3.36. The molecule has 1 aliphatic carbocycles. The summed E-state index contributed by atoms with van der Waals surface area (Å²) < 4.78 is 2.11. The zero-order chi connectivity index (χ0) is 11.5. The monoisotopic (exact) mass is 217 g/mol. The highest BCUT2D eigenvalue weighted by Crippen LogP contribution is 2.22. The largest absolute Gasteiger partial charge is 0.349 e. The molecule has 86 valence electrons. The second-order valence-electron chi connectivity index (χ2n) is 4.60. The van der Waals surface area contributed by atoms with Crippen LogP contribution in [0.4, 0.5) is 0 Å². The van der Waals surface area contributed by atoms with E-state index in [1.807, 2.05) is 6.20 Å². The van der Waals surface area contributed by atoms with Gasteiger partial charge in [-0.1, -0.05) is 19.1 Å². The summed E-state index contributed by atoms with van der Waals surface area (Å²) in [6.07, 6.45) is 9.06. The van der Waals surface area contributed by atoms with Gasteiger partial charge in [-0.25, -0.2) is 0 Å². The Bertz CT molecular complexity index is 414. The average molecular weight is 217 g/mol. The van der Waals surface area contributed by atoms with Gasteiger partial charge in [0, 0.05) is 30.9 Å². The van der Waals surface area contributed by atoms with Crippen molar-refractivity contribution in [3.8, 4) is 0 Å². The maximum absolute atomic E-state index is 11.8. The molecule has 0 N–H and O–H groups in total. The van der Waals surface area contributed by atoms with Crippen molar-refractivity contribution >= 4 is 5.78 Å². The van der Waals surface area contributed by atoms with Gasteiger partial charge in [-0.2, -0.15) is 0 Å². The van der Waals surface area contributed by atoms with Crippen molar-refractivity contribution in [3.05, 3.63) is 35.7 Å². The van der Waals surface area contributed by atoms with Crippen molar-refractivity contribution in [1.29, 1.82) is 0 Å². The lowest BCUT2D eigenvalue weighted by molar-refractivity contribution is 0.0982. The summed E-state index contributed by atoms with van der Waals surface area (Å²) in [5.74, 6) is 0.313. The van der Waals surface area contributed by atoms with Gasteiger partial charge in [0.05, 0.1) is 0 Å². The van der Waals surface area contributed by atoms with Crippen LogP contribution in [0.2, 0.25) is 0 Å². The molecule has 0 radical (unpaired) electrons. The Morgan fingerprint density at radius 1 is 1.38 bits per heavy atom. The van der Waals surface area contributed by atoms with Crippen LogP contribution in [0, 0.1) is 0 Å². The highest BCUT2D eigenvalue weighted by Gasteiger charge is 2.17. The summed E-state index contributed by atoms with van der Waals surface area (Å²) in [6, 6.07) is 0. The Morgan fingerprint density at radius 2 is 2.12 bits per heavy atom. The Kier molecular flexibility index (Phi) is 3.28. The molecule has 0 aliphatic heterocycles. The number of Topliss-reactive ketones (excluding diaryl/α,β-unsaturated/α-hetero) is 1. The number of ketones is 1. The molecule has 0 saturated heterocycles. The average Bonchev–Trinajstić information content (AvgIpc) is 2.59. The zero-order valence-electron chi connectivity index (χ0n) is 9.96. The predicted molar refractivity (Wildman–Crippen MR) is 65.7 cm³/mol. The number of carbonyl (C=O) groups excluding carboxylic acids is 1. The van der Waals surface area contributed by atoms with Gasteiger partial charge in [0.2, 0.25) is 0 Å². The fourth-order valence-corrected chi connectivity index (χ4v) is 2.20. The van der Waals surface area contributed by atoms with Crippen molar-refractivity contribution in [2.45, 2.75) is 45.6 Å². The zero-order valence-corrected chi connectivity index (χ0v) is 9.96. The van der Waals surface area contributed by atoms with E-state index in [4.69, 9.17) is 0 Å². The Morgan fingerprint density at radius 3 is 2.88 bits per heavy atom. The van der Waals surface area contributed by atoms with E-state index in [2.05, 4.69) is 24.3 Å². The van der Waals surface area contributed by atoms with Gasteiger partial charge in [-0.3, -0.25) is 4.79 Å². The SMILES string of the molecule is C=C(CC)Cn1cc2c(c1)C(=O)CCCC2. The Hall–Kier alpha value is -1.31. The van der Waals surface area contributed by atoms with Gasteiger partial charge in [0.25, 0.3) is 0 Å². The first-order valence-corrected chi connectivity index (χ1v) is 6.09. The molecule has 0 saturated carbocycles. The molecular formula is C14H19NO. The van der Waals surface area contributed by atoms with E-state index in [1.54, 1.807) is 0 Å². The van der Waals surface area contributed by atoms with Crippen molar-refractivity contribution in [1.82, 2.24) is 4.57 Å². The number of hydrogen-bond acceptors (Lipinski definition) is 1. The van der Waals surface area contributed by atoms with E-state index in [-0.39, 0.29) is 0 Å². The molecule has 1 aromatic rings. The lowest BCUT2D eigenvalue weighted by Crippen LogP contribution is -1.99. The minimum Gasteiger partial charge on any atom is -0.349 e. The third kappa shape index (κ3) is 2.26. The smallest absolute Gasteiger partial charge is 0.164 e. The van der Waals surface area contributed by atoms with E-state index >= 15 is 0 Å². The highest BCUT2D eigenvalue weighted by molar-refractivity contribution is 5.97. The number of carbonyl (C=O) groups is 1. The van der Waals surface area contributed by atoms with Crippen LogP contribution in [-0.2, 0) is 13.0 Å². The molecule has 0 amide bonds. The lowest BCUT2D eigenvalue weighted by atomic mass is 10.1. The maximum Gasteiger partial charge on any atom is 0.164 e. The van der Waals surface area contributed by atoms with Gasteiger partial charge < -0.3 is 4.57 Å². The first-order chi connectivity index (χ1) is 7.70. The molecule has 0 aromatic carbocycles. The van der Waals surface area contributed by atoms with Gasteiger partial charge in [0.15, 0.2) is 5.78 Å². The van der Waals surface area contributed by atoms with Crippen LogP contribution in [0.15, 0.2) is 24.5 Å². The fourth-order valence-electron chi connectivity index (χ4n) is 2.20. The quantitative estimate of drug-likeness (QED) is 0.562. The second kappa shape index (κ2) is 4.69. The summed E-state index contributed by atoms with van der Waals surface area (Å²) >= 11 is 0. The number of rotatable bonds is 3. The minimum atomic E-state index is 0.313. The van der Waals surface area contributed by atoms with Gasteiger partial charge in [-0.05, 0) is 31.2 Å². The number of fused-ring (bicyclic) bond motifs is 1. The molecule has 0 bridgehead atoms. The molecular weight excluding hydrogens is 198 g/mol. The molecule has 2 heteroatoms. The van der Waals surface area contributed by atoms with Gasteiger partial charge in [0.1, 0.15) is 0 Å². The topological polar surface area (TPSA) is 22.0 Å². The summed E-state index contributed by atoms with van der Waals surface area (Å²) in [5.41, 5.74) is 3.38. The van der Waals surface area contributed by atoms with Crippen molar-refractivity contribution in [2.24, 2.45) is 0 Å². The van der Waals surface area contributed by atoms with Crippen LogP contribution in [-0.4, -0.2) is 10.4 Å². The summed E-state index contributed by atoms with van der Waals surface area (Å²) in [6.45, 7) is 6.96. The standard InChI is InChI=1S/C14H19NO/c1-3-11(2)8-15-9-12-6-4-5-7-14(16)13(12)10-15/h9-10H,2-8H2,1H3. The van der Waals surface area contributed by atoms with Crippen LogP contribution in [0.25, 0.3) is 0 Å². The van der Waals surface area contributed by atoms with E-state index < -0.39 is 0 Å². The number of hydrogen-bond donors (Lipinski definition) is 0. The summed E-state index contributed by atoms with van der Waals surface area (Å²) in [7, 11) is 0. The molecule has 0 atom stereocenters. The van der Waals surface area contributed by atoms with Crippen LogP contribution in [0.5, 0.6) is 0 Å². The van der Waals surface area contributed by atoms with Crippen LogP contribution in [0.1, 0.15) is 48.5 Å². The molecule has 0 spiro atoms. The van der Waals surface area contributed by atoms with E-state index in [1.165, 1.54) is 11.1 Å². The van der Waals surface area contributed by atoms with Crippen molar-refractivity contribution < 1.29 is 4.79 Å². The molecule has 0 fully saturated rings. The molecule has 0 unspecified atom stereocenters. The number of aryl methyl sites for hydroxylation is 1. The molecule has 1 aromatic heterocycles. The Balaban J connectivity index is 2.22. The molecule has 1 heterocycles.